The van der Waals surface area contributed by atoms with E-state index in [1.807, 2.05) is 0 Å². The summed E-state index contributed by atoms with van der Waals surface area (Å²) in [7, 11) is 0. The van der Waals surface area contributed by atoms with E-state index in [-0.39, 0.29) is 5.56 Å². The molecule has 6 nitrogen and oxygen atoms in total. The van der Waals surface area contributed by atoms with Gasteiger partial charge in [0.05, 0.1) is 0 Å². The van der Waals surface area contributed by atoms with Crippen LogP contribution in [0.15, 0.2) is 35.4 Å². The number of rotatable bonds is 3. The smallest absolute Gasteiger partial charge is 0.365 e. The lowest BCUT2D eigenvalue weighted by Crippen LogP contribution is -2.42. The van der Waals surface area contributed by atoms with E-state index in [0.717, 1.165) is 0 Å². The minimum absolute atomic E-state index is 0.119. The lowest BCUT2D eigenvalue weighted by atomic mass is 10.1. The summed E-state index contributed by atoms with van der Waals surface area (Å²) in [6.07, 6.45) is -4.65. The van der Waals surface area contributed by atoms with Crippen LogP contribution in [0.2, 0.25) is 0 Å². The van der Waals surface area contributed by atoms with Crippen LogP contribution in [0.3, 0.4) is 0 Å². The average molecular weight is 262 g/mol. The van der Waals surface area contributed by atoms with Crippen LogP contribution in [-0.2, 0) is 0 Å². The number of halogens is 3. The maximum atomic E-state index is 12.8. The van der Waals surface area contributed by atoms with Crippen LogP contribution in [0.1, 0.15) is 11.6 Å². The molecule has 0 aliphatic rings. The maximum Gasteiger partial charge on any atom is 0.412 e. The zero-order chi connectivity index (χ0) is 13.8. The molecule has 98 valence electrons. The Morgan fingerprint density at radius 3 is 2.39 bits per heavy atom. The number of nitrogens with two attached hydrogens (primary N) is 1. The van der Waals surface area contributed by atoms with E-state index in [9.17, 15) is 23.3 Å². The maximum absolute atomic E-state index is 12.8. The van der Waals surface area contributed by atoms with Gasteiger partial charge in [-0.3, -0.25) is 0 Å². The van der Waals surface area contributed by atoms with Gasteiger partial charge in [-0.15, -0.1) is 0 Å². The predicted molar refractivity (Wildman–Crippen MR) is 57.0 cm³/mol. The Morgan fingerprint density at radius 2 is 1.94 bits per heavy atom. The molecule has 3 N–H and O–H groups in total. The summed E-state index contributed by atoms with van der Waals surface area (Å²) in [5.41, 5.74) is 4.89. The molecule has 0 aliphatic carbocycles. The van der Waals surface area contributed by atoms with Gasteiger partial charge in [0.15, 0.2) is 11.1 Å². The van der Waals surface area contributed by atoms with Gasteiger partial charge in [0.1, 0.15) is 5.10 Å². The van der Waals surface area contributed by atoms with Crippen LogP contribution in [0.5, 0.6) is 0 Å². The average Bonchev–Trinajstić information content (AvgIpc) is 2.24. The first-order valence-electron chi connectivity index (χ1n) is 4.67. The van der Waals surface area contributed by atoms with Gasteiger partial charge in [-0.1, -0.05) is 30.3 Å². The Hall–Kier alpha value is -2.32. The van der Waals surface area contributed by atoms with E-state index in [2.05, 4.69) is 5.10 Å². The van der Waals surface area contributed by atoms with E-state index in [4.69, 9.17) is 5.73 Å². The molecule has 0 amide bonds. The molecule has 1 atom stereocenters. The van der Waals surface area contributed by atoms with Gasteiger partial charge in [-0.2, -0.15) is 13.2 Å². The third kappa shape index (κ3) is 3.92. The van der Waals surface area contributed by atoms with Crippen molar-refractivity contribution in [3.05, 3.63) is 46.0 Å². The van der Waals surface area contributed by atoms with E-state index in [1.165, 1.54) is 24.3 Å². The number of hydrogen-bond acceptors (Lipinski definition) is 2. The van der Waals surface area contributed by atoms with Crippen molar-refractivity contribution in [3.8, 4) is 0 Å². The van der Waals surface area contributed by atoms with Crippen molar-refractivity contribution in [3.63, 3.8) is 0 Å². The molecule has 0 aliphatic heterocycles. The molecule has 0 aromatic heterocycles. The van der Waals surface area contributed by atoms with Gasteiger partial charge in [-0.25, -0.2) is 10.1 Å². The van der Waals surface area contributed by atoms with Crippen molar-refractivity contribution in [2.75, 3.05) is 0 Å². The second-order valence-electron chi connectivity index (χ2n) is 3.25. The molecule has 1 aromatic carbocycles. The summed E-state index contributed by atoms with van der Waals surface area (Å²) in [4.78, 5) is 9.99. The molecule has 0 saturated carbocycles. The topological polar surface area (TPSA) is 93.5 Å². The van der Waals surface area contributed by atoms with E-state index >= 15 is 0 Å². The highest BCUT2D eigenvalue weighted by molar-refractivity contribution is 5.77. The molecule has 1 aromatic rings. The standard InChI is InChI=1S/C9H9F3N4O2/c10-9(11,12)7(6-4-2-1-3-5-6)14-8(13)15-16(17)18/h1-5,7H,(H3,13,14,15). The summed E-state index contributed by atoms with van der Waals surface area (Å²) in [5, 5.41) is 13.1. The third-order valence-electron chi connectivity index (χ3n) is 1.94. The predicted octanol–water partition coefficient (Wildman–Crippen LogP) is 1.39. The third-order valence-corrected chi connectivity index (χ3v) is 1.94. The second-order valence-corrected chi connectivity index (χ2v) is 3.25. The molecule has 0 spiro atoms. The van der Waals surface area contributed by atoms with Gasteiger partial charge in [0, 0.05) is 0 Å². The van der Waals surface area contributed by atoms with Crippen molar-refractivity contribution in [2.24, 2.45) is 10.8 Å². The number of hydrazone groups is 1. The Bertz CT molecular complexity index is 447. The van der Waals surface area contributed by atoms with Gasteiger partial charge >= 0.3 is 6.18 Å². The van der Waals surface area contributed by atoms with Gasteiger partial charge < -0.3 is 11.1 Å². The Labute approximate surface area is 99.4 Å². The Balaban J connectivity index is 2.99. The number of benzene rings is 1. The van der Waals surface area contributed by atoms with Crippen LogP contribution in [0.4, 0.5) is 13.2 Å². The lowest BCUT2D eigenvalue weighted by Gasteiger charge is -2.21. The fourth-order valence-corrected chi connectivity index (χ4v) is 1.26. The lowest BCUT2D eigenvalue weighted by molar-refractivity contribution is -0.485. The van der Waals surface area contributed by atoms with Gasteiger partial charge in [0.25, 0.3) is 5.96 Å². The van der Waals surface area contributed by atoms with E-state index in [0.29, 0.717) is 0 Å². The molecule has 18 heavy (non-hydrogen) atoms. The minimum Gasteiger partial charge on any atom is -0.365 e. The quantitative estimate of drug-likeness (QED) is 0.372. The molecular weight excluding hydrogens is 253 g/mol. The van der Waals surface area contributed by atoms with Crippen LogP contribution in [-0.4, -0.2) is 17.2 Å². The summed E-state index contributed by atoms with van der Waals surface area (Å²) in [6, 6.07) is 4.68. The molecule has 0 bridgehead atoms. The molecule has 0 radical (unpaired) electrons. The van der Waals surface area contributed by atoms with Crippen molar-refractivity contribution in [2.45, 2.75) is 12.2 Å². The number of guanidine groups is 1. The zero-order valence-electron chi connectivity index (χ0n) is 8.89. The molecule has 0 heterocycles. The van der Waals surface area contributed by atoms with Crippen molar-refractivity contribution in [1.82, 2.24) is 5.32 Å². The normalized spacial score (nSPS) is 14.1. The number of nitrogens with zero attached hydrogens (tertiary/aromatic N) is 2. The fourth-order valence-electron chi connectivity index (χ4n) is 1.26. The summed E-state index contributed by atoms with van der Waals surface area (Å²) in [5.74, 6) is -0.911. The highest BCUT2D eigenvalue weighted by atomic mass is 19.4. The SMILES string of the molecule is N/C(=N\[N+](=O)[O-])NC(c1ccccc1)C(F)(F)F. The van der Waals surface area contributed by atoms with Gasteiger partial charge in [-0.05, 0) is 5.56 Å². The van der Waals surface area contributed by atoms with Crippen molar-refractivity contribution >= 4 is 5.96 Å². The fraction of sp³-hybridized carbons (Fsp3) is 0.222. The first kappa shape index (κ1) is 13.7. The molecule has 1 rings (SSSR count). The number of nitrogens with one attached hydrogen (secondary N) is 1. The van der Waals surface area contributed by atoms with Crippen LogP contribution < -0.4 is 11.1 Å². The molecule has 0 fully saturated rings. The summed E-state index contributed by atoms with van der Waals surface area (Å²) in [6.45, 7) is 0. The molecule has 9 heteroatoms. The van der Waals surface area contributed by atoms with Crippen molar-refractivity contribution in [1.29, 1.82) is 0 Å². The van der Waals surface area contributed by atoms with Crippen molar-refractivity contribution < 1.29 is 18.2 Å². The first-order chi connectivity index (χ1) is 8.30. The Kier molecular flexibility index (Phi) is 4.08. The van der Waals surface area contributed by atoms with Crippen LogP contribution >= 0.6 is 0 Å². The van der Waals surface area contributed by atoms with Crippen LogP contribution in [0.25, 0.3) is 0 Å². The number of alkyl halides is 3. The summed E-state index contributed by atoms with van der Waals surface area (Å²) >= 11 is 0. The highest BCUT2D eigenvalue weighted by Gasteiger charge is 2.41. The molecule has 1 unspecified atom stereocenters. The first-order valence-corrected chi connectivity index (χ1v) is 4.67. The Morgan fingerprint density at radius 1 is 1.39 bits per heavy atom. The molecule has 0 saturated heterocycles. The largest absolute Gasteiger partial charge is 0.412 e. The van der Waals surface area contributed by atoms with E-state index < -0.39 is 23.2 Å². The number of nitro groups is 1. The van der Waals surface area contributed by atoms with E-state index in [1.54, 1.807) is 11.4 Å². The summed E-state index contributed by atoms with van der Waals surface area (Å²) < 4.78 is 38.3. The highest BCUT2D eigenvalue weighted by Crippen LogP contribution is 2.32. The second kappa shape index (κ2) is 5.34. The minimum atomic E-state index is -4.65. The molecular formula is C9H9F3N4O2. The number of hydrogen-bond donors (Lipinski definition) is 2. The van der Waals surface area contributed by atoms with Crippen LogP contribution in [0, 0.1) is 10.1 Å². The van der Waals surface area contributed by atoms with Gasteiger partial charge in [0.2, 0.25) is 0 Å². The zero-order valence-corrected chi connectivity index (χ0v) is 8.89. The monoisotopic (exact) mass is 262 g/mol.